The summed E-state index contributed by atoms with van der Waals surface area (Å²) >= 11 is 6.96. The molecule has 0 saturated heterocycles. The van der Waals surface area contributed by atoms with Crippen LogP contribution in [0.25, 0.3) is 0 Å². The van der Waals surface area contributed by atoms with E-state index in [1.807, 2.05) is 0 Å². The minimum Gasteiger partial charge on any atom is -0.465 e. The van der Waals surface area contributed by atoms with E-state index in [1.54, 1.807) is 24.1 Å². The van der Waals surface area contributed by atoms with Crippen molar-refractivity contribution in [3.8, 4) is 0 Å². The third-order valence-corrected chi connectivity index (χ3v) is 3.25. The zero-order valence-electron chi connectivity index (χ0n) is 9.10. The first-order chi connectivity index (χ1) is 8.10. The van der Waals surface area contributed by atoms with Crippen molar-refractivity contribution in [1.29, 1.82) is 0 Å². The van der Waals surface area contributed by atoms with E-state index < -0.39 is 5.97 Å². The molecule has 2 heterocycles. The number of carbonyl (C=O) groups excluding carboxylic acids is 1. The molecule has 0 aromatic carbocycles. The van der Waals surface area contributed by atoms with Crippen LogP contribution < -0.4 is 5.32 Å². The highest BCUT2D eigenvalue weighted by molar-refractivity contribution is 7.18. The molecule has 0 spiro atoms. The van der Waals surface area contributed by atoms with Crippen LogP contribution >= 0.6 is 22.9 Å². The van der Waals surface area contributed by atoms with Gasteiger partial charge in [0.05, 0.1) is 19.0 Å². The molecule has 2 aromatic rings. The molecule has 0 fully saturated rings. The number of rotatable bonds is 3. The first-order valence-electron chi connectivity index (χ1n) is 4.60. The number of anilines is 2. The second-order valence-electron chi connectivity index (χ2n) is 3.16. The molecule has 0 aliphatic carbocycles. The van der Waals surface area contributed by atoms with Gasteiger partial charge in [0.25, 0.3) is 0 Å². The van der Waals surface area contributed by atoms with Gasteiger partial charge in [0.1, 0.15) is 0 Å². The number of carbonyl (C=O) groups is 1. The summed E-state index contributed by atoms with van der Waals surface area (Å²) in [5.41, 5.74) is 0.773. The third kappa shape index (κ3) is 2.56. The van der Waals surface area contributed by atoms with Crippen molar-refractivity contribution in [2.24, 2.45) is 7.05 Å². The van der Waals surface area contributed by atoms with Crippen LogP contribution in [-0.2, 0) is 11.8 Å². The molecular weight excluding hydrogens is 264 g/mol. The Bertz CT molecular complexity index is 551. The predicted octanol–water partition coefficient (Wildman–Crippen LogP) is 2.06. The summed E-state index contributed by atoms with van der Waals surface area (Å²) in [5, 5.41) is 7.65. The summed E-state index contributed by atoms with van der Waals surface area (Å²) in [7, 11) is 3.10. The fourth-order valence-corrected chi connectivity index (χ4v) is 2.31. The molecule has 0 atom stereocenters. The predicted molar refractivity (Wildman–Crippen MR) is 65.0 cm³/mol. The SMILES string of the molecule is COC(=O)c1sc(Nc2cnn(C)c2)nc1Cl. The summed E-state index contributed by atoms with van der Waals surface area (Å²) in [4.78, 5) is 15.6. The largest absolute Gasteiger partial charge is 0.465 e. The van der Waals surface area contributed by atoms with Crippen molar-refractivity contribution in [1.82, 2.24) is 14.8 Å². The van der Waals surface area contributed by atoms with E-state index in [1.165, 1.54) is 7.11 Å². The Balaban J connectivity index is 2.20. The molecule has 1 N–H and O–H groups in total. The highest BCUT2D eigenvalue weighted by atomic mass is 35.5. The topological polar surface area (TPSA) is 69.0 Å². The fourth-order valence-electron chi connectivity index (χ4n) is 1.18. The van der Waals surface area contributed by atoms with Crippen LogP contribution in [0.15, 0.2) is 12.4 Å². The number of hydrogen-bond donors (Lipinski definition) is 1. The second-order valence-corrected chi connectivity index (χ2v) is 4.52. The second kappa shape index (κ2) is 4.72. The van der Waals surface area contributed by atoms with Crippen molar-refractivity contribution < 1.29 is 9.53 Å². The van der Waals surface area contributed by atoms with Crippen LogP contribution in [0.4, 0.5) is 10.8 Å². The average molecular weight is 273 g/mol. The van der Waals surface area contributed by atoms with Crippen LogP contribution in [-0.4, -0.2) is 27.8 Å². The van der Waals surface area contributed by atoms with E-state index in [2.05, 4.69) is 20.1 Å². The van der Waals surface area contributed by atoms with E-state index in [4.69, 9.17) is 11.6 Å². The number of nitrogens with one attached hydrogen (secondary N) is 1. The number of esters is 1. The Morgan fingerprint density at radius 2 is 2.41 bits per heavy atom. The number of halogens is 1. The van der Waals surface area contributed by atoms with Crippen LogP contribution in [0.5, 0.6) is 0 Å². The van der Waals surface area contributed by atoms with Gasteiger partial charge in [-0.15, -0.1) is 0 Å². The van der Waals surface area contributed by atoms with Crippen LogP contribution in [0.1, 0.15) is 9.67 Å². The molecule has 17 heavy (non-hydrogen) atoms. The maximum atomic E-state index is 11.3. The number of nitrogens with zero attached hydrogens (tertiary/aromatic N) is 3. The van der Waals surface area contributed by atoms with E-state index in [-0.39, 0.29) is 10.0 Å². The lowest BCUT2D eigenvalue weighted by atomic mass is 10.5. The molecule has 2 aromatic heterocycles. The van der Waals surface area contributed by atoms with Crippen molar-refractivity contribution in [3.05, 3.63) is 22.4 Å². The summed E-state index contributed by atoms with van der Waals surface area (Å²) < 4.78 is 6.24. The van der Waals surface area contributed by atoms with Crippen molar-refractivity contribution in [2.45, 2.75) is 0 Å². The average Bonchev–Trinajstić information content (AvgIpc) is 2.85. The van der Waals surface area contributed by atoms with Crippen LogP contribution in [0.2, 0.25) is 5.15 Å². The van der Waals surface area contributed by atoms with E-state index in [0.717, 1.165) is 17.0 Å². The number of thiazole rings is 1. The highest BCUT2D eigenvalue weighted by Crippen LogP contribution is 2.29. The van der Waals surface area contributed by atoms with Crippen LogP contribution in [0, 0.1) is 0 Å². The van der Waals surface area contributed by atoms with E-state index in [0.29, 0.717) is 5.13 Å². The molecule has 0 aliphatic rings. The Hall–Kier alpha value is -1.60. The van der Waals surface area contributed by atoms with Gasteiger partial charge in [-0.1, -0.05) is 22.9 Å². The van der Waals surface area contributed by atoms with Gasteiger partial charge in [0.15, 0.2) is 15.2 Å². The monoisotopic (exact) mass is 272 g/mol. The van der Waals surface area contributed by atoms with Crippen molar-refractivity contribution >= 4 is 39.7 Å². The standard InChI is InChI=1S/C9H9ClN4O2S/c1-14-4-5(3-11-14)12-9-13-7(10)6(17-9)8(15)16-2/h3-4H,1-2H3,(H,12,13). The Morgan fingerprint density at radius 3 is 3.00 bits per heavy atom. The number of aromatic nitrogens is 3. The number of aryl methyl sites for hydroxylation is 1. The van der Waals surface area contributed by atoms with Crippen molar-refractivity contribution in [2.75, 3.05) is 12.4 Å². The summed E-state index contributed by atoms with van der Waals surface area (Å²) in [6.07, 6.45) is 3.43. The Kier molecular flexibility index (Phi) is 3.30. The van der Waals surface area contributed by atoms with Crippen LogP contribution in [0.3, 0.4) is 0 Å². The number of ether oxygens (including phenoxy) is 1. The lowest BCUT2D eigenvalue weighted by Gasteiger charge is -1.95. The molecule has 0 saturated carbocycles. The van der Waals surface area contributed by atoms with Gasteiger partial charge in [0.2, 0.25) is 0 Å². The summed E-state index contributed by atoms with van der Waals surface area (Å²) in [6, 6.07) is 0. The third-order valence-electron chi connectivity index (χ3n) is 1.91. The molecule has 0 aliphatic heterocycles. The van der Waals surface area contributed by atoms with E-state index >= 15 is 0 Å². The van der Waals surface area contributed by atoms with Gasteiger partial charge in [-0.05, 0) is 0 Å². The quantitative estimate of drug-likeness (QED) is 0.866. The molecule has 0 radical (unpaired) electrons. The number of hydrogen-bond acceptors (Lipinski definition) is 6. The van der Waals surface area contributed by atoms with Gasteiger partial charge in [-0.2, -0.15) is 5.10 Å². The molecule has 0 bridgehead atoms. The maximum Gasteiger partial charge on any atom is 0.351 e. The molecule has 90 valence electrons. The molecule has 0 unspecified atom stereocenters. The lowest BCUT2D eigenvalue weighted by molar-refractivity contribution is 0.0606. The van der Waals surface area contributed by atoms with Gasteiger partial charge in [0, 0.05) is 13.2 Å². The van der Waals surface area contributed by atoms with E-state index in [9.17, 15) is 4.79 Å². The molecule has 8 heteroatoms. The number of methoxy groups -OCH3 is 1. The van der Waals surface area contributed by atoms with Gasteiger partial charge >= 0.3 is 5.97 Å². The Morgan fingerprint density at radius 1 is 1.65 bits per heavy atom. The minimum atomic E-state index is -0.494. The first-order valence-corrected chi connectivity index (χ1v) is 5.80. The molecule has 0 amide bonds. The zero-order valence-corrected chi connectivity index (χ0v) is 10.7. The summed E-state index contributed by atoms with van der Waals surface area (Å²) in [5.74, 6) is -0.494. The first kappa shape index (κ1) is 11.9. The van der Waals surface area contributed by atoms with Gasteiger partial charge in [-0.3, -0.25) is 4.68 Å². The van der Waals surface area contributed by atoms with Gasteiger partial charge < -0.3 is 10.1 Å². The maximum absolute atomic E-state index is 11.3. The molecular formula is C9H9ClN4O2S. The molecule has 2 rings (SSSR count). The Labute approximate surface area is 106 Å². The smallest absolute Gasteiger partial charge is 0.351 e. The normalized spacial score (nSPS) is 10.3. The summed E-state index contributed by atoms with van der Waals surface area (Å²) in [6.45, 7) is 0. The lowest BCUT2D eigenvalue weighted by Crippen LogP contribution is -1.98. The fraction of sp³-hybridized carbons (Fsp3) is 0.222. The van der Waals surface area contributed by atoms with Gasteiger partial charge in [-0.25, -0.2) is 9.78 Å². The van der Waals surface area contributed by atoms with Crippen molar-refractivity contribution in [3.63, 3.8) is 0 Å². The minimum absolute atomic E-state index is 0.133. The molecule has 6 nitrogen and oxygen atoms in total. The highest BCUT2D eigenvalue weighted by Gasteiger charge is 2.17. The zero-order chi connectivity index (χ0) is 12.4.